The van der Waals surface area contributed by atoms with Crippen molar-refractivity contribution in [1.29, 1.82) is 0 Å². The molecule has 0 spiro atoms. The van der Waals surface area contributed by atoms with E-state index in [4.69, 9.17) is 4.74 Å². The third kappa shape index (κ3) is 6.92. The molecular weight excluding hydrogens is 340 g/mol. The molecule has 7 heteroatoms. The van der Waals surface area contributed by atoms with Crippen molar-refractivity contribution in [2.45, 2.75) is 40.2 Å². The zero-order chi connectivity index (χ0) is 19.6. The number of methoxy groups -OCH3 is 1. The molecule has 1 aromatic carbocycles. The number of ether oxygens (including phenoxy) is 1. The van der Waals surface area contributed by atoms with Crippen LogP contribution in [0.3, 0.4) is 0 Å². The summed E-state index contributed by atoms with van der Waals surface area (Å²) in [5, 5.41) is 15.1. The second kappa shape index (κ2) is 10.5. The van der Waals surface area contributed by atoms with Crippen molar-refractivity contribution in [2.75, 3.05) is 20.2 Å². The first-order valence-corrected chi connectivity index (χ1v) is 9.49. The van der Waals surface area contributed by atoms with E-state index in [2.05, 4.69) is 51.8 Å². The highest BCUT2D eigenvalue weighted by Gasteiger charge is 2.05. The molecule has 2 aromatic rings. The van der Waals surface area contributed by atoms with Crippen molar-refractivity contribution in [2.24, 2.45) is 18.0 Å². The van der Waals surface area contributed by atoms with E-state index < -0.39 is 0 Å². The normalized spacial score (nSPS) is 11.7. The molecule has 0 bridgehead atoms. The van der Waals surface area contributed by atoms with E-state index in [0.29, 0.717) is 12.5 Å². The topological polar surface area (TPSA) is 76.4 Å². The lowest BCUT2D eigenvalue weighted by Gasteiger charge is -2.14. The van der Waals surface area contributed by atoms with Crippen molar-refractivity contribution in [1.82, 2.24) is 25.4 Å². The molecule has 1 heterocycles. The Kier molecular flexibility index (Phi) is 8.10. The Morgan fingerprint density at radius 3 is 2.44 bits per heavy atom. The van der Waals surface area contributed by atoms with Gasteiger partial charge in [0, 0.05) is 20.1 Å². The molecule has 2 rings (SSSR count). The fourth-order valence-electron chi connectivity index (χ4n) is 2.51. The summed E-state index contributed by atoms with van der Waals surface area (Å²) < 4.78 is 7.17. The minimum Gasteiger partial charge on any atom is -0.497 e. The van der Waals surface area contributed by atoms with Gasteiger partial charge in [-0.05, 0) is 43.4 Å². The fraction of sp³-hybridized carbons (Fsp3) is 0.550. The highest BCUT2D eigenvalue weighted by atomic mass is 16.5. The van der Waals surface area contributed by atoms with Crippen LogP contribution in [0.25, 0.3) is 0 Å². The van der Waals surface area contributed by atoms with E-state index in [9.17, 15) is 0 Å². The monoisotopic (exact) mass is 372 g/mol. The van der Waals surface area contributed by atoms with Gasteiger partial charge in [-0.2, -0.15) is 0 Å². The predicted molar refractivity (Wildman–Crippen MR) is 109 cm³/mol. The molecule has 0 aliphatic carbocycles. The summed E-state index contributed by atoms with van der Waals surface area (Å²) in [4.78, 5) is 4.67. The Labute approximate surface area is 162 Å². The van der Waals surface area contributed by atoms with Crippen molar-refractivity contribution in [3.63, 3.8) is 0 Å². The molecule has 0 amide bonds. The quantitative estimate of drug-likeness (QED) is 0.522. The lowest BCUT2D eigenvalue weighted by Crippen LogP contribution is -2.39. The molecule has 0 atom stereocenters. The summed E-state index contributed by atoms with van der Waals surface area (Å²) in [6.07, 6.45) is 2.01. The highest BCUT2D eigenvalue weighted by Crippen LogP contribution is 2.11. The largest absolute Gasteiger partial charge is 0.497 e. The number of guanidine groups is 1. The molecule has 27 heavy (non-hydrogen) atoms. The van der Waals surface area contributed by atoms with Gasteiger partial charge >= 0.3 is 0 Å². The van der Waals surface area contributed by atoms with Crippen LogP contribution in [0.1, 0.15) is 37.5 Å². The molecule has 0 unspecified atom stereocenters. The second-order valence-electron chi connectivity index (χ2n) is 7.02. The van der Waals surface area contributed by atoms with E-state index in [0.717, 1.165) is 49.3 Å². The smallest absolute Gasteiger partial charge is 0.191 e. The molecule has 0 fully saturated rings. The molecule has 0 saturated carbocycles. The zero-order valence-electron chi connectivity index (χ0n) is 17.1. The average Bonchev–Trinajstić information content (AvgIpc) is 2.98. The summed E-state index contributed by atoms with van der Waals surface area (Å²) in [7, 11) is 3.64. The number of aliphatic imine (C=N–C) groups is 1. The SMILES string of the molecule is COc1ccc(CCNC(=NCc2nnc(C)n2C)NCCC(C)C)cc1. The Morgan fingerprint density at radius 1 is 1.15 bits per heavy atom. The molecular formula is C20H32N6O. The van der Waals surface area contributed by atoms with Gasteiger partial charge in [0.2, 0.25) is 0 Å². The maximum atomic E-state index is 5.20. The van der Waals surface area contributed by atoms with Crippen LogP contribution in [-0.2, 0) is 20.0 Å². The van der Waals surface area contributed by atoms with Crippen LogP contribution in [0.5, 0.6) is 5.75 Å². The maximum Gasteiger partial charge on any atom is 0.191 e. The van der Waals surface area contributed by atoms with Gasteiger partial charge in [0.05, 0.1) is 7.11 Å². The van der Waals surface area contributed by atoms with Gasteiger partial charge in [-0.1, -0.05) is 26.0 Å². The summed E-state index contributed by atoms with van der Waals surface area (Å²) in [5.41, 5.74) is 1.26. The van der Waals surface area contributed by atoms with E-state index in [1.165, 1.54) is 5.56 Å². The van der Waals surface area contributed by atoms with Crippen LogP contribution in [0.15, 0.2) is 29.3 Å². The van der Waals surface area contributed by atoms with Crippen LogP contribution in [0.4, 0.5) is 0 Å². The lowest BCUT2D eigenvalue weighted by molar-refractivity contribution is 0.414. The Morgan fingerprint density at radius 2 is 1.85 bits per heavy atom. The number of benzene rings is 1. The van der Waals surface area contributed by atoms with Gasteiger partial charge in [-0.15, -0.1) is 10.2 Å². The molecule has 0 aliphatic rings. The third-order valence-corrected chi connectivity index (χ3v) is 4.44. The highest BCUT2D eigenvalue weighted by molar-refractivity contribution is 5.79. The number of aromatic nitrogens is 3. The number of rotatable bonds is 9. The molecule has 148 valence electrons. The Balaban J connectivity index is 1.91. The first-order chi connectivity index (χ1) is 13.0. The van der Waals surface area contributed by atoms with Crippen LogP contribution >= 0.6 is 0 Å². The van der Waals surface area contributed by atoms with E-state index in [1.807, 2.05) is 30.7 Å². The van der Waals surface area contributed by atoms with Gasteiger partial charge < -0.3 is 19.9 Å². The number of nitrogens with zero attached hydrogens (tertiary/aromatic N) is 4. The van der Waals surface area contributed by atoms with E-state index in [1.54, 1.807) is 7.11 Å². The van der Waals surface area contributed by atoms with Crippen LogP contribution in [0, 0.1) is 12.8 Å². The molecule has 7 nitrogen and oxygen atoms in total. The summed E-state index contributed by atoms with van der Waals surface area (Å²) >= 11 is 0. The van der Waals surface area contributed by atoms with Gasteiger partial charge in [0.1, 0.15) is 18.1 Å². The van der Waals surface area contributed by atoms with Gasteiger partial charge in [0.25, 0.3) is 0 Å². The maximum absolute atomic E-state index is 5.20. The number of nitrogens with one attached hydrogen (secondary N) is 2. The molecule has 0 aliphatic heterocycles. The number of hydrogen-bond donors (Lipinski definition) is 2. The zero-order valence-corrected chi connectivity index (χ0v) is 17.1. The van der Waals surface area contributed by atoms with Crippen molar-refractivity contribution >= 4 is 5.96 Å². The summed E-state index contributed by atoms with van der Waals surface area (Å²) in [5.74, 6) is 4.09. The van der Waals surface area contributed by atoms with E-state index >= 15 is 0 Å². The van der Waals surface area contributed by atoms with Crippen molar-refractivity contribution in [3.05, 3.63) is 41.5 Å². The van der Waals surface area contributed by atoms with Gasteiger partial charge in [0.15, 0.2) is 11.8 Å². The minimum atomic E-state index is 0.497. The third-order valence-electron chi connectivity index (χ3n) is 4.44. The molecule has 0 radical (unpaired) electrons. The minimum absolute atomic E-state index is 0.497. The standard InChI is InChI=1S/C20H32N6O/c1-15(2)10-12-21-20(23-14-19-25-24-16(3)26(19)4)22-13-11-17-6-8-18(27-5)9-7-17/h6-9,15H,10-14H2,1-5H3,(H2,21,22,23). The first-order valence-electron chi connectivity index (χ1n) is 9.49. The van der Waals surface area contributed by atoms with Crippen molar-refractivity contribution < 1.29 is 4.74 Å². The number of hydrogen-bond acceptors (Lipinski definition) is 4. The van der Waals surface area contributed by atoms with Crippen LogP contribution < -0.4 is 15.4 Å². The number of aryl methyl sites for hydroxylation is 1. The van der Waals surface area contributed by atoms with Gasteiger partial charge in [-0.25, -0.2) is 4.99 Å². The predicted octanol–water partition coefficient (Wildman–Crippen LogP) is 2.46. The molecule has 0 saturated heterocycles. The van der Waals surface area contributed by atoms with Gasteiger partial charge in [-0.3, -0.25) is 0 Å². The molecule has 2 N–H and O–H groups in total. The van der Waals surface area contributed by atoms with Crippen LogP contribution in [0.2, 0.25) is 0 Å². The Bertz CT molecular complexity index is 721. The Hall–Kier alpha value is -2.57. The fourth-order valence-corrected chi connectivity index (χ4v) is 2.51. The van der Waals surface area contributed by atoms with Crippen LogP contribution in [-0.4, -0.2) is 40.9 Å². The average molecular weight is 373 g/mol. The van der Waals surface area contributed by atoms with E-state index in [-0.39, 0.29) is 0 Å². The summed E-state index contributed by atoms with van der Waals surface area (Å²) in [6.45, 7) is 8.57. The summed E-state index contributed by atoms with van der Waals surface area (Å²) in [6, 6.07) is 8.15. The lowest BCUT2D eigenvalue weighted by atomic mass is 10.1. The molecule has 1 aromatic heterocycles. The van der Waals surface area contributed by atoms with Crippen molar-refractivity contribution in [3.8, 4) is 5.75 Å². The second-order valence-corrected chi connectivity index (χ2v) is 7.02. The first kappa shape index (κ1) is 20.7.